The molecule has 3 heterocycles. The Labute approximate surface area is 358 Å². The fourth-order valence-corrected chi connectivity index (χ4v) is 5.65. The highest BCUT2D eigenvalue weighted by atomic mass is 16.5. The lowest BCUT2D eigenvalue weighted by Crippen LogP contribution is -2.52. The third-order valence-corrected chi connectivity index (χ3v) is 8.82. The van der Waals surface area contributed by atoms with Gasteiger partial charge in [-0.25, -0.2) is 29.3 Å². The first kappa shape index (κ1) is 47.5. The zero-order valence-corrected chi connectivity index (χ0v) is 34.2. The molecule has 6 amide bonds. The number of fused-ring (bicyclic) bond motifs is 1. The zero-order valence-electron chi connectivity index (χ0n) is 34.2. The summed E-state index contributed by atoms with van der Waals surface area (Å²) in [5.41, 5.74) is 22.3. The van der Waals surface area contributed by atoms with E-state index in [4.69, 9.17) is 32.4 Å². The number of anilines is 2. The van der Waals surface area contributed by atoms with Crippen molar-refractivity contribution in [3.63, 3.8) is 0 Å². The molecule has 0 saturated heterocycles. The van der Waals surface area contributed by atoms with Gasteiger partial charge in [0.1, 0.15) is 56.5 Å². The normalized spacial score (nSPS) is 11.1. The van der Waals surface area contributed by atoms with Gasteiger partial charge in [0.15, 0.2) is 17.4 Å². The van der Waals surface area contributed by atoms with Crippen LogP contribution in [0.15, 0.2) is 65.0 Å². The highest BCUT2D eigenvalue weighted by molar-refractivity contribution is 6.00. The van der Waals surface area contributed by atoms with Crippen molar-refractivity contribution in [1.82, 2.24) is 54.8 Å². The number of imide groups is 1. The number of nitrogens with zero attached hydrogens (tertiary/aromatic N) is 9. The highest BCUT2D eigenvalue weighted by Gasteiger charge is 2.29. The largest absolute Gasteiger partial charge is 0.467 e. The standard InChI is InChI=1S/C37H48N16O10/c1-62-34(59)24(8-5-11-43-35(40)41)48-26(54)9-12-42-27(55)16-53(30(58)19-51-14-10-25(38)49-36(51)60)29(57)18-50(15-13-44-37(61)63-20-23-6-3-2-4-7-23)28(56)17-52-22-47-31-32(39)45-21-46-33(31)52/h2-4,6-7,10,14,21-22,24H,5,8-9,11-13,15-20H2,1H3,(H,42,55)(H,44,61)(H,48,54)(H2,38,49,60)(H2,39,45,46)(H4,40,41,43)/t24-/m0/s1. The number of alkyl carbamates (subject to hydrolysis) is 1. The maximum absolute atomic E-state index is 14.0. The number of nitrogens with two attached hydrogens (primary N) is 4. The van der Waals surface area contributed by atoms with Crippen molar-refractivity contribution < 1.29 is 43.0 Å². The Bertz CT molecular complexity index is 2350. The summed E-state index contributed by atoms with van der Waals surface area (Å²) in [6.45, 7) is -3.59. The maximum atomic E-state index is 14.0. The Morgan fingerprint density at radius 2 is 1.62 bits per heavy atom. The summed E-state index contributed by atoms with van der Waals surface area (Å²) in [6, 6.07) is 9.06. The van der Waals surface area contributed by atoms with E-state index in [0.717, 1.165) is 28.3 Å². The molecule has 26 nitrogen and oxygen atoms in total. The van der Waals surface area contributed by atoms with Crippen LogP contribution in [0.1, 0.15) is 24.8 Å². The van der Waals surface area contributed by atoms with Gasteiger partial charge in [0, 0.05) is 38.8 Å². The predicted octanol–water partition coefficient (Wildman–Crippen LogP) is -3.42. The summed E-state index contributed by atoms with van der Waals surface area (Å²) >= 11 is 0. The number of methoxy groups -OCH3 is 1. The SMILES string of the molecule is COC(=O)[C@H](CCCN=C(N)N)NC(=O)CCNC(=O)CN(C(=O)CN(CCNC(=O)OCc1ccccc1)C(=O)Cn1cnc2c(N)ncnc21)C(=O)Cn1ccc(N)nc1=O. The van der Waals surface area contributed by atoms with Crippen LogP contribution in [0.5, 0.6) is 0 Å². The first-order valence-electron chi connectivity index (χ1n) is 19.1. The van der Waals surface area contributed by atoms with Crippen molar-refractivity contribution in [2.24, 2.45) is 16.5 Å². The molecule has 11 N–H and O–H groups in total. The van der Waals surface area contributed by atoms with Gasteiger partial charge in [-0.05, 0) is 24.5 Å². The van der Waals surface area contributed by atoms with Gasteiger partial charge in [-0.2, -0.15) is 4.98 Å². The molecule has 0 radical (unpaired) electrons. The molecule has 0 unspecified atom stereocenters. The average Bonchev–Trinajstić information content (AvgIpc) is 3.67. The van der Waals surface area contributed by atoms with E-state index >= 15 is 0 Å². The van der Waals surface area contributed by atoms with Crippen LogP contribution in [0.2, 0.25) is 0 Å². The lowest BCUT2D eigenvalue weighted by molar-refractivity contribution is -0.151. The molecular weight excluding hydrogens is 829 g/mol. The number of rotatable bonds is 22. The Balaban J connectivity index is 1.48. The van der Waals surface area contributed by atoms with Crippen molar-refractivity contribution in [3.8, 4) is 0 Å². The highest BCUT2D eigenvalue weighted by Crippen LogP contribution is 2.14. The molecule has 26 heteroatoms. The number of benzene rings is 1. The van der Waals surface area contributed by atoms with Gasteiger partial charge in [0.05, 0.1) is 13.4 Å². The van der Waals surface area contributed by atoms with Crippen molar-refractivity contribution in [2.45, 2.75) is 45.0 Å². The molecular formula is C37H48N16O10. The molecule has 0 bridgehead atoms. The molecule has 0 spiro atoms. The minimum absolute atomic E-state index is 0.0429. The monoisotopic (exact) mass is 876 g/mol. The number of esters is 1. The number of hydrogen-bond acceptors (Lipinski definition) is 17. The lowest BCUT2D eigenvalue weighted by atomic mass is 10.1. The van der Waals surface area contributed by atoms with Crippen molar-refractivity contribution in [2.75, 3.05) is 57.8 Å². The summed E-state index contributed by atoms with van der Waals surface area (Å²) in [7, 11) is 1.15. The van der Waals surface area contributed by atoms with Crippen LogP contribution in [0.4, 0.5) is 16.4 Å². The molecule has 4 aromatic rings. The molecule has 1 aromatic carbocycles. The molecule has 4 rings (SSSR count). The van der Waals surface area contributed by atoms with E-state index in [-0.39, 0.29) is 74.4 Å². The van der Waals surface area contributed by atoms with Crippen molar-refractivity contribution in [3.05, 3.63) is 71.3 Å². The van der Waals surface area contributed by atoms with Crippen molar-refractivity contribution >= 4 is 70.4 Å². The second kappa shape index (κ2) is 23.6. The number of carbonyl (C=O) groups is 7. The van der Waals surface area contributed by atoms with Gasteiger partial charge in [0.2, 0.25) is 29.5 Å². The van der Waals surface area contributed by atoms with E-state index < -0.39 is 79.5 Å². The second-order valence-corrected chi connectivity index (χ2v) is 13.4. The average molecular weight is 877 g/mol. The molecule has 0 fully saturated rings. The summed E-state index contributed by atoms with van der Waals surface area (Å²) in [4.78, 5) is 126. The van der Waals surface area contributed by atoms with E-state index in [1.54, 1.807) is 30.3 Å². The van der Waals surface area contributed by atoms with E-state index in [1.165, 1.54) is 23.3 Å². The fraction of sp³-hybridized carbons (Fsp3) is 0.378. The first-order chi connectivity index (χ1) is 30.1. The van der Waals surface area contributed by atoms with Crippen LogP contribution in [-0.4, -0.2) is 139 Å². The molecule has 3 aromatic heterocycles. The number of aromatic nitrogens is 6. The van der Waals surface area contributed by atoms with Gasteiger partial charge < -0.3 is 57.8 Å². The number of aliphatic imine (C=N–C) groups is 1. The summed E-state index contributed by atoms with van der Waals surface area (Å²) in [6.07, 6.45) is 2.95. The van der Waals surface area contributed by atoms with E-state index in [2.05, 4.69) is 40.9 Å². The van der Waals surface area contributed by atoms with Crippen LogP contribution in [0, 0.1) is 0 Å². The number of guanidine groups is 1. The predicted molar refractivity (Wildman–Crippen MR) is 222 cm³/mol. The Kier molecular flexibility index (Phi) is 17.8. The van der Waals surface area contributed by atoms with E-state index in [9.17, 15) is 38.4 Å². The first-order valence-corrected chi connectivity index (χ1v) is 19.1. The van der Waals surface area contributed by atoms with Gasteiger partial charge in [-0.15, -0.1) is 0 Å². The van der Waals surface area contributed by atoms with Crippen molar-refractivity contribution in [1.29, 1.82) is 0 Å². The molecule has 0 aliphatic carbocycles. The van der Waals surface area contributed by atoms with Gasteiger partial charge in [0.25, 0.3) is 0 Å². The maximum Gasteiger partial charge on any atom is 0.407 e. The molecule has 1 atom stereocenters. The minimum atomic E-state index is -1.06. The summed E-state index contributed by atoms with van der Waals surface area (Å²) in [5.74, 6) is -5.29. The van der Waals surface area contributed by atoms with E-state index in [0.29, 0.717) is 11.3 Å². The molecule has 0 aliphatic rings. The van der Waals surface area contributed by atoms with Crippen LogP contribution >= 0.6 is 0 Å². The van der Waals surface area contributed by atoms with Crippen LogP contribution in [0.25, 0.3) is 11.2 Å². The molecule has 0 aliphatic heterocycles. The summed E-state index contributed by atoms with van der Waals surface area (Å²) in [5, 5.41) is 7.46. The Morgan fingerprint density at radius 1 is 0.873 bits per heavy atom. The van der Waals surface area contributed by atoms with Gasteiger partial charge >= 0.3 is 17.8 Å². The van der Waals surface area contributed by atoms with Crippen LogP contribution < -0.4 is 44.6 Å². The molecule has 336 valence electrons. The number of nitrogen functional groups attached to an aromatic ring is 2. The number of amides is 6. The number of hydrogen-bond donors (Lipinski definition) is 7. The zero-order chi connectivity index (χ0) is 45.9. The second-order valence-electron chi connectivity index (χ2n) is 13.4. The number of nitrogens with one attached hydrogen (secondary N) is 3. The lowest BCUT2D eigenvalue weighted by Gasteiger charge is -2.27. The molecule has 0 saturated carbocycles. The fourth-order valence-electron chi connectivity index (χ4n) is 5.65. The Hall–Kier alpha value is -8.19. The number of carbonyl (C=O) groups excluding carboxylic acids is 7. The topological polar surface area (TPSA) is 375 Å². The third kappa shape index (κ3) is 15.1. The summed E-state index contributed by atoms with van der Waals surface area (Å²) < 4.78 is 12.2. The molecule has 63 heavy (non-hydrogen) atoms. The quantitative estimate of drug-likeness (QED) is 0.0175. The minimum Gasteiger partial charge on any atom is -0.467 e. The van der Waals surface area contributed by atoms with Gasteiger partial charge in [-0.3, -0.25) is 38.4 Å². The van der Waals surface area contributed by atoms with Crippen LogP contribution in [0.3, 0.4) is 0 Å². The number of ether oxygens (including phenoxy) is 2. The number of imidazole rings is 1. The Morgan fingerprint density at radius 3 is 2.33 bits per heavy atom. The van der Waals surface area contributed by atoms with Crippen LogP contribution in [-0.2, 0) is 57.9 Å². The smallest absolute Gasteiger partial charge is 0.407 e. The third-order valence-electron chi connectivity index (χ3n) is 8.82. The van der Waals surface area contributed by atoms with E-state index in [1.807, 2.05) is 0 Å². The van der Waals surface area contributed by atoms with Gasteiger partial charge in [-0.1, -0.05) is 30.3 Å².